The summed E-state index contributed by atoms with van der Waals surface area (Å²) in [7, 11) is 0. The molecule has 2 rings (SSSR count). The third-order valence-corrected chi connectivity index (χ3v) is 4.38. The van der Waals surface area contributed by atoms with Crippen LogP contribution < -0.4 is 4.74 Å². The van der Waals surface area contributed by atoms with Gasteiger partial charge in [0.05, 0.1) is 17.9 Å². The summed E-state index contributed by atoms with van der Waals surface area (Å²) in [6, 6.07) is 3.65. The van der Waals surface area contributed by atoms with Gasteiger partial charge in [0.2, 0.25) is 0 Å². The minimum absolute atomic E-state index is 0.0108. The summed E-state index contributed by atoms with van der Waals surface area (Å²) in [5, 5.41) is 9.30. The van der Waals surface area contributed by atoms with Crippen molar-refractivity contribution in [3.05, 3.63) is 34.3 Å². The summed E-state index contributed by atoms with van der Waals surface area (Å²) in [4.78, 5) is 15.2. The lowest BCUT2D eigenvalue weighted by Gasteiger charge is -2.21. The number of alkyl halides is 3. The maximum atomic E-state index is 13.4. The van der Waals surface area contributed by atoms with Gasteiger partial charge < -0.3 is 9.84 Å². The van der Waals surface area contributed by atoms with E-state index in [1.807, 2.05) is 20.8 Å². The summed E-state index contributed by atoms with van der Waals surface area (Å²) in [6.45, 7) is 7.23. The smallest absolute Gasteiger partial charge is 0.419 e. The van der Waals surface area contributed by atoms with Crippen LogP contribution in [0.2, 0.25) is 0 Å². The molecule has 1 aromatic heterocycles. The number of ether oxygens (including phenoxy) is 1. The number of rotatable bonds is 4. The summed E-state index contributed by atoms with van der Waals surface area (Å²) in [5.74, 6) is -1.40. The van der Waals surface area contributed by atoms with E-state index >= 15 is 0 Å². The van der Waals surface area contributed by atoms with Gasteiger partial charge in [-0.3, -0.25) is 0 Å². The molecular formula is C17H18F3NO3S. The number of nitrogens with zero attached hydrogens (tertiary/aromatic N) is 1. The molecular weight excluding hydrogens is 355 g/mol. The first kappa shape index (κ1) is 19.2. The predicted molar refractivity (Wildman–Crippen MR) is 89.2 cm³/mol. The summed E-state index contributed by atoms with van der Waals surface area (Å²) in [5.41, 5.74) is -0.714. The van der Waals surface area contributed by atoms with Crippen molar-refractivity contribution in [2.75, 3.05) is 6.61 Å². The first-order chi connectivity index (χ1) is 11.4. The Hall–Kier alpha value is -2.09. The van der Waals surface area contributed by atoms with E-state index < -0.39 is 17.7 Å². The molecule has 0 radical (unpaired) electrons. The molecule has 0 aliphatic carbocycles. The topological polar surface area (TPSA) is 59.4 Å². The number of aromatic nitrogens is 1. The molecule has 1 aromatic carbocycles. The highest BCUT2D eigenvalue weighted by Crippen LogP contribution is 2.40. The number of thiazole rings is 1. The molecule has 0 aliphatic heterocycles. The zero-order valence-electron chi connectivity index (χ0n) is 14.2. The maximum Gasteiger partial charge on any atom is 0.419 e. The van der Waals surface area contributed by atoms with E-state index in [-0.39, 0.29) is 38.9 Å². The monoisotopic (exact) mass is 373 g/mol. The van der Waals surface area contributed by atoms with Gasteiger partial charge in [0.25, 0.3) is 0 Å². The van der Waals surface area contributed by atoms with E-state index in [1.54, 1.807) is 0 Å². The fourth-order valence-electron chi connectivity index (χ4n) is 2.02. The summed E-state index contributed by atoms with van der Waals surface area (Å²) < 4.78 is 45.5. The highest BCUT2D eigenvalue weighted by molar-refractivity contribution is 7.17. The lowest BCUT2D eigenvalue weighted by atomic mass is 9.98. The average Bonchev–Trinajstić information content (AvgIpc) is 2.85. The standard InChI is InChI=1S/C17H18F3NO3S/c1-9-13(15(22)23)25-14(21-9)10-5-6-12(24-8-16(2,3)4)11(7-10)17(18,19)20/h5-7H,8H2,1-4H3,(H,22,23). The van der Waals surface area contributed by atoms with Crippen molar-refractivity contribution in [3.8, 4) is 16.3 Å². The molecule has 0 amide bonds. The SMILES string of the molecule is Cc1nc(-c2ccc(OCC(C)(C)C)c(C(F)(F)F)c2)sc1C(=O)O. The molecule has 0 fully saturated rings. The number of aromatic carboxylic acids is 1. The van der Waals surface area contributed by atoms with E-state index in [0.717, 1.165) is 17.4 Å². The second-order valence-electron chi connectivity index (χ2n) is 6.80. The molecule has 0 spiro atoms. The van der Waals surface area contributed by atoms with Crippen molar-refractivity contribution in [1.82, 2.24) is 4.98 Å². The Morgan fingerprint density at radius 2 is 1.92 bits per heavy atom. The number of aryl methyl sites for hydroxylation is 1. The molecule has 1 heterocycles. The highest BCUT2D eigenvalue weighted by atomic mass is 32.1. The Morgan fingerprint density at radius 1 is 1.28 bits per heavy atom. The van der Waals surface area contributed by atoms with Gasteiger partial charge in [-0.25, -0.2) is 9.78 Å². The Kier molecular flexibility index (Phi) is 5.13. The van der Waals surface area contributed by atoms with Crippen LogP contribution in [-0.4, -0.2) is 22.7 Å². The Bertz CT molecular complexity index is 791. The fraction of sp³-hybridized carbons (Fsp3) is 0.412. The van der Waals surface area contributed by atoms with Crippen molar-refractivity contribution in [2.45, 2.75) is 33.9 Å². The van der Waals surface area contributed by atoms with Gasteiger partial charge in [0.15, 0.2) is 0 Å². The molecule has 0 aliphatic rings. The van der Waals surface area contributed by atoms with E-state index in [0.29, 0.717) is 0 Å². The van der Waals surface area contributed by atoms with Crippen LogP contribution in [-0.2, 0) is 6.18 Å². The van der Waals surface area contributed by atoms with Crippen molar-refractivity contribution in [2.24, 2.45) is 5.41 Å². The molecule has 25 heavy (non-hydrogen) atoms. The third kappa shape index (κ3) is 4.72. The minimum Gasteiger partial charge on any atom is -0.492 e. The van der Waals surface area contributed by atoms with Crippen LogP contribution in [0.1, 0.15) is 41.7 Å². The molecule has 0 unspecified atom stereocenters. The fourth-order valence-corrected chi connectivity index (χ4v) is 2.92. The molecule has 0 saturated heterocycles. The summed E-state index contributed by atoms with van der Waals surface area (Å²) in [6.07, 6.45) is -4.59. The van der Waals surface area contributed by atoms with Crippen molar-refractivity contribution in [1.29, 1.82) is 0 Å². The zero-order chi connectivity index (χ0) is 19.0. The lowest BCUT2D eigenvalue weighted by Crippen LogP contribution is -2.19. The van der Waals surface area contributed by atoms with Gasteiger partial charge in [-0.1, -0.05) is 20.8 Å². The number of hydrogen-bond donors (Lipinski definition) is 1. The van der Waals surface area contributed by atoms with E-state index in [2.05, 4.69) is 4.98 Å². The molecule has 1 N–H and O–H groups in total. The van der Waals surface area contributed by atoms with Gasteiger partial charge in [0.1, 0.15) is 15.6 Å². The molecule has 0 saturated carbocycles. The van der Waals surface area contributed by atoms with Crippen molar-refractivity contribution in [3.63, 3.8) is 0 Å². The van der Waals surface area contributed by atoms with Gasteiger partial charge in [0, 0.05) is 5.56 Å². The third-order valence-electron chi connectivity index (χ3n) is 3.18. The lowest BCUT2D eigenvalue weighted by molar-refractivity contribution is -0.139. The largest absolute Gasteiger partial charge is 0.492 e. The van der Waals surface area contributed by atoms with Crippen molar-refractivity contribution < 1.29 is 27.8 Å². The normalized spacial score (nSPS) is 12.3. The van der Waals surface area contributed by atoms with Gasteiger partial charge in [-0.15, -0.1) is 11.3 Å². The minimum atomic E-state index is -4.59. The van der Waals surface area contributed by atoms with E-state index in [1.165, 1.54) is 19.1 Å². The Balaban J connectivity index is 2.45. The van der Waals surface area contributed by atoms with Crippen LogP contribution in [0.5, 0.6) is 5.75 Å². The van der Waals surface area contributed by atoms with Crippen LogP contribution in [0, 0.1) is 12.3 Å². The second-order valence-corrected chi connectivity index (χ2v) is 7.80. The van der Waals surface area contributed by atoms with Crippen LogP contribution >= 0.6 is 11.3 Å². The second kappa shape index (κ2) is 6.67. The number of carbonyl (C=O) groups is 1. The molecule has 2 aromatic rings. The van der Waals surface area contributed by atoms with Crippen LogP contribution in [0.3, 0.4) is 0 Å². The number of halogens is 3. The highest BCUT2D eigenvalue weighted by Gasteiger charge is 2.35. The number of benzene rings is 1. The first-order valence-corrected chi connectivity index (χ1v) is 8.25. The van der Waals surface area contributed by atoms with Crippen LogP contribution in [0.15, 0.2) is 18.2 Å². The quantitative estimate of drug-likeness (QED) is 0.794. The molecule has 8 heteroatoms. The number of carboxylic acid groups (broad SMARTS) is 1. The number of carboxylic acids is 1. The van der Waals surface area contributed by atoms with Gasteiger partial charge in [-0.2, -0.15) is 13.2 Å². The Labute approximate surface area is 147 Å². The van der Waals surface area contributed by atoms with Crippen LogP contribution in [0.25, 0.3) is 10.6 Å². The van der Waals surface area contributed by atoms with Gasteiger partial charge in [-0.05, 0) is 30.5 Å². The summed E-state index contributed by atoms with van der Waals surface area (Å²) >= 11 is 0.845. The van der Waals surface area contributed by atoms with E-state index in [9.17, 15) is 18.0 Å². The maximum absolute atomic E-state index is 13.4. The first-order valence-electron chi connectivity index (χ1n) is 7.43. The predicted octanol–water partition coefficient (Wildman–Crippen LogP) is 5.26. The van der Waals surface area contributed by atoms with Crippen LogP contribution in [0.4, 0.5) is 13.2 Å². The van der Waals surface area contributed by atoms with Gasteiger partial charge >= 0.3 is 12.1 Å². The average molecular weight is 373 g/mol. The molecule has 4 nitrogen and oxygen atoms in total. The molecule has 0 atom stereocenters. The van der Waals surface area contributed by atoms with Crippen molar-refractivity contribution >= 4 is 17.3 Å². The Morgan fingerprint density at radius 3 is 2.40 bits per heavy atom. The van der Waals surface area contributed by atoms with E-state index in [4.69, 9.17) is 9.84 Å². The zero-order valence-corrected chi connectivity index (χ0v) is 15.0. The number of hydrogen-bond acceptors (Lipinski definition) is 4. The molecule has 0 bridgehead atoms. The molecule has 136 valence electrons.